The van der Waals surface area contributed by atoms with Gasteiger partial charge >= 0.3 is 0 Å². The molecule has 2 aliphatic heterocycles. The van der Waals surface area contributed by atoms with Gasteiger partial charge in [0.15, 0.2) is 0 Å². The number of rotatable bonds is 4. The van der Waals surface area contributed by atoms with Gasteiger partial charge in [-0.3, -0.25) is 0 Å². The molecule has 0 fully saturated rings. The topological polar surface area (TPSA) is 8.17 Å². The van der Waals surface area contributed by atoms with Gasteiger partial charge in [0.2, 0.25) is 0 Å². The van der Waals surface area contributed by atoms with Gasteiger partial charge < -0.3 is 9.47 Å². The Morgan fingerprint density at radius 3 is 1.75 bits per heavy atom. The molecule has 0 saturated heterocycles. The summed E-state index contributed by atoms with van der Waals surface area (Å²) in [6.07, 6.45) is 0. The van der Waals surface area contributed by atoms with Crippen molar-refractivity contribution in [2.75, 3.05) is 4.90 Å². The first-order valence-electron chi connectivity index (χ1n) is 17.0. The van der Waals surface area contributed by atoms with E-state index in [9.17, 15) is 0 Å². The van der Waals surface area contributed by atoms with Crippen molar-refractivity contribution in [2.24, 2.45) is 0 Å². The Balaban J connectivity index is 1.39. The zero-order valence-corrected chi connectivity index (χ0v) is 27.8. The fourth-order valence-electron chi connectivity index (χ4n) is 8.85. The van der Waals surface area contributed by atoms with Gasteiger partial charge in [0, 0.05) is 38.4 Å². The summed E-state index contributed by atoms with van der Waals surface area (Å²) in [4.78, 5) is 2.47. The predicted octanol–water partition coefficient (Wildman–Crippen LogP) is 12.4. The third-order valence-electron chi connectivity index (χ3n) is 11.3. The molecule has 8 aromatic rings. The number of anilines is 3. The molecule has 48 heavy (non-hydrogen) atoms. The van der Waals surface area contributed by atoms with Crippen molar-refractivity contribution in [3.05, 3.63) is 168 Å². The lowest BCUT2D eigenvalue weighted by atomic mass is 9.68. The molecule has 230 valence electrons. The summed E-state index contributed by atoms with van der Waals surface area (Å²) in [5, 5.41) is 5.11. The fraction of sp³-hybridized carbons (Fsp3) is 0.130. The van der Waals surface area contributed by atoms with Crippen LogP contribution in [0.5, 0.6) is 0 Å². The highest BCUT2D eigenvalue weighted by molar-refractivity contribution is 6.16. The van der Waals surface area contributed by atoms with Gasteiger partial charge in [-0.2, -0.15) is 0 Å². The van der Waals surface area contributed by atoms with Crippen LogP contribution >= 0.6 is 0 Å². The predicted molar refractivity (Wildman–Crippen MR) is 203 cm³/mol. The van der Waals surface area contributed by atoms with E-state index in [-0.39, 0.29) is 10.8 Å². The molecule has 0 spiro atoms. The van der Waals surface area contributed by atoms with Gasteiger partial charge in [0.05, 0.1) is 22.4 Å². The number of hydrogen-bond acceptors (Lipinski definition) is 1. The normalized spacial score (nSPS) is 15.0. The van der Waals surface area contributed by atoms with Gasteiger partial charge in [-0.05, 0) is 81.2 Å². The Hall–Kier alpha value is -5.60. The number of nitrogens with zero attached hydrogens (tertiary/aromatic N) is 2. The number of para-hydroxylation sites is 2. The highest BCUT2D eigenvalue weighted by Crippen LogP contribution is 2.57. The van der Waals surface area contributed by atoms with Crippen LogP contribution in [0.2, 0.25) is 0 Å². The fourth-order valence-corrected chi connectivity index (χ4v) is 8.85. The van der Waals surface area contributed by atoms with Crippen LogP contribution in [-0.2, 0) is 10.8 Å². The van der Waals surface area contributed by atoms with E-state index in [1.807, 2.05) is 0 Å². The van der Waals surface area contributed by atoms with Gasteiger partial charge in [0.1, 0.15) is 0 Å². The summed E-state index contributed by atoms with van der Waals surface area (Å²) >= 11 is 0. The molecule has 0 unspecified atom stereocenters. The lowest BCUT2D eigenvalue weighted by Crippen LogP contribution is -2.33. The monoisotopic (exact) mass is 616 g/mol. The molecular formula is C46H36N2. The van der Waals surface area contributed by atoms with Crippen LogP contribution in [0.25, 0.3) is 49.4 Å². The molecule has 2 heteroatoms. The first-order chi connectivity index (χ1) is 23.3. The van der Waals surface area contributed by atoms with E-state index < -0.39 is 0 Å². The van der Waals surface area contributed by atoms with Gasteiger partial charge in [0.25, 0.3) is 0 Å². The summed E-state index contributed by atoms with van der Waals surface area (Å²) in [6, 6.07) is 54.0. The molecule has 0 N–H and O–H groups in total. The number of hydrogen-bond donors (Lipinski definition) is 0. The maximum Gasteiger partial charge on any atom is 0.0583 e. The highest BCUT2D eigenvalue weighted by Gasteiger charge is 2.44. The Bertz CT molecular complexity index is 2600. The Morgan fingerprint density at radius 1 is 0.438 bits per heavy atom. The second-order valence-corrected chi connectivity index (χ2v) is 14.6. The maximum atomic E-state index is 2.62. The maximum absolute atomic E-state index is 2.62. The zero-order chi connectivity index (χ0) is 32.4. The standard InChI is InChI=1S/C46H36N2/c1-45(2)37-22-14-23-38-44(37)48-42-35(25-31(26-39(42)45)29-15-7-5-8-16-29)36-27-33(28-40(43(36)48)46(38,3)4)47(32-19-9-6-10-20-32)41-24-13-18-30-17-11-12-21-34(30)41/h5-28H,1-4H3. The van der Waals surface area contributed by atoms with E-state index in [1.54, 1.807) is 0 Å². The van der Waals surface area contributed by atoms with Crippen molar-refractivity contribution in [2.45, 2.75) is 38.5 Å². The minimum absolute atomic E-state index is 0.159. The molecule has 1 aromatic heterocycles. The Kier molecular flexibility index (Phi) is 5.44. The highest BCUT2D eigenvalue weighted by atomic mass is 15.1. The number of aromatic nitrogens is 1. The minimum Gasteiger partial charge on any atom is -0.310 e. The smallest absolute Gasteiger partial charge is 0.0583 e. The molecule has 2 aliphatic rings. The molecule has 3 heterocycles. The quantitative estimate of drug-likeness (QED) is 0.191. The van der Waals surface area contributed by atoms with E-state index in [4.69, 9.17) is 0 Å². The molecule has 0 atom stereocenters. The van der Waals surface area contributed by atoms with Crippen molar-refractivity contribution in [3.63, 3.8) is 0 Å². The van der Waals surface area contributed by atoms with E-state index in [0.29, 0.717) is 0 Å². The average Bonchev–Trinajstić information content (AvgIpc) is 3.45. The molecule has 7 aromatic carbocycles. The largest absolute Gasteiger partial charge is 0.310 e. The third kappa shape index (κ3) is 3.52. The second-order valence-electron chi connectivity index (χ2n) is 14.6. The van der Waals surface area contributed by atoms with Crippen LogP contribution in [0.3, 0.4) is 0 Å². The van der Waals surface area contributed by atoms with Crippen molar-refractivity contribution in [1.82, 2.24) is 4.57 Å². The summed E-state index contributed by atoms with van der Waals surface area (Å²) in [5.74, 6) is 0. The number of fused-ring (bicyclic) bond motifs is 2. The van der Waals surface area contributed by atoms with Crippen LogP contribution in [0.1, 0.15) is 49.9 Å². The molecule has 0 radical (unpaired) electrons. The summed E-state index contributed by atoms with van der Waals surface area (Å²) in [7, 11) is 0. The van der Waals surface area contributed by atoms with Crippen molar-refractivity contribution >= 4 is 49.6 Å². The Labute approximate surface area is 281 Å². The van der Waals surface area contributed by atoms with E-state index in [0.717, 1.165) is 5.69 Å². The molecular weight excluding hydrogens is 581 g/mol. The molecule has 0 aliphatic carbocycles. The van der Waals surface area contributed by atoms with Crippen LogP contribution in [0, 0.1) is 0 Å². The molecule has 0 amide bonds. The Morgan fingerprint density at radius 2 is 1.02 bits per heavy atom. The lowest BCUT2D eigenvalue weighted by Gasteiger charge is -2.42. The van der Waals surface area contributed by atoms with Crippen LogP contribution in [-0.4, -0.2) is 4.57 Å². The molecule has 0 bridgehead atoms. The van der Waals surface area contributed by atoms with Gasteiger partial charge in [-0.1, -0.05) is 131 Å². The van der Waals surface area contributed by atoms with Crippen molar-refractivity contribution in [3.8, 4) is 16.8 Å². The van der Waals surface area contributed by atoms with Crippen molar-refractivity contribution in [1.29, 1.82) is 0 Å². The lowest BCUT2D eigenvalue weighted by molar-refractivity contribution is 0.594. The van der Waals surface area contributed by atoms with Crippen LogP contribution in [0.15, 0.2) is 146 Å². The van der Waals surface area contributed by atoms with Crippen LogP contribution < -0.4 is 4.90 Å². The van der Waals surface area contributed by atoms with Crippen LogP contribution in [0.4, 0.5) is 17.1 Å². The van der Waals surface area contributed by atoms with Gasteiger partial charge in [-0.15, -0.1) is 0 Å². The number of benzene rings is 7. The SMILES string of the molecule is CC1(C)c2cccc3c2-n2c4c1cc(-c1ccccc1)cc4c1cc(N(c4ccccc4)c4cccc5ccccc45)cc(c12)C3(C)C. The van der Waals surface area contributed by atoms with E-state index in [2.05, 4.69) is 183 Å². The van der Waals surface area contributed by atoms with E-state index in [1.165, 1.54) is 83.0 Å². The molecule has 2 nitrogen and oxygen atoms in total. The summed E-state index contributed by atoms with van der Waals surface area (Å²) < 4.78 is 2.62. The van der Waals surface area contributed by atoms with E-state index >= 15 is 0 Å². The molecule has 0 saturated carbocycles. The van der Waals surface area contributed by atoms with Gasteiger partial charge in [-0.25, -0.2) is 0 Å². The average molecular weight is 617 g/mol. The third-order valence-corrected chi connectivity index (χ3v) is 11.3. The summed E-state index contributed by atoms with van der Waals surface area (Å²) in [6.45, 7) is 9.67. The zero-order valence-electron chi connectivity index (χ0n) is 27.8. The second kappa shape index (κ2) is 9.49. The first kappa shape index (κ1) is 27.5. The van der Waals surface area contributed by atoms with Crippen molar-refractivity contribution < 1.29 is 0 Å². The minimum atomic E-state index is -0.207. The summed E-state index contributed by atoms with van der Waals surface area (Å²) in [5.41, 5.74) is 15.3. The first-order valence-corrected chi connectivity index (χ1v) is 17.0. The molecule has 10 rings (SSSR count).